The molecule has 17 heavy (non-hydrogen) atoms. The first-order valence-corrected chi connectivity index (χ1v) is 6.98. The van der Waals surface area contributed by atoms with Crippen LogP contribution in [-0.2, 0) is 11.2 Å². The van der Waals surface area contributed by atoms with E-state index >= 15 is 0 Å². The van der Waals surface area contributed by atoms with E-state index in [1.165, 1.54) is 17.0 Å². The molecule has 0 aliphatic heterocycles. The molecule has 0 spiro atoms. The quantitative estimate of drug-likeness (QED) is 0.900. The van der Waals surface area contributed by atoms with E-state index in [-0.39, 0.29) is 6.10 Å². The average molecular weight is 254 g/mol. The molecule has 1 aromatic heterocycles. The predicted octanol–water partition coefficient (Wildman–Crippen LogP) is 3.08. The fourth-order valence-electron chi connectivity index (χ4n) is 2.46. The molecule has 0 saturated carbocycles. The molecule has 2 rings (SSSR count). The Kier molecular flexibility index (Phi) is 3.57. The maximum Gasteiger partial charge on any atom is 0.122 e. The molecule has 0 bridgehead atoms. The summed E-state index contributed by atoms with van der Waals surface area (Å²) in [7, 11) is 3.78. The second-order valence-corrected chi connectivity index (χ2v) is 6.69. The van der Waals surface area contributed by atoms with Crippen LogP contribution in [-0.4, -0.2) is 19.1 Å². The number of hydrogen-bond acceptors (Lipinski definition) is 4. The van der Waals surface area contributed by atoms with E-state index in [0.29, 0.717) is 11.5 Å². The van der Waals surface area contributed by atoms with Crippen LogP contribution in [0.2, 0.25) is 0 Å². The van der Waals surface area contributed by atoms with Crippen LogP contribution in [0.5, 0.6) is 0 Å². The van der Waals surface area contributed by atoms with Crippen LogP contribution >= 0.6 is 11.3 Å². The van der Waals surface area contributed by atoms with E-state index in [1.54, 1.807) is 18.4 Å². The lowest BCUT2D eigenvalue weighted by Gasteiger charge is -2.34. The zero-order valence-corrected chi connectivity index (χ0v) is 12.1. The van der Waals surface area contributed by atoms with Gasteiger partial charge in [0.05, 0.1) is 5.69 Å². The second-order valence-electron chi connectivity index (χ2n) is 5.63. The highest BCUT2D eigenvalue weighted by Gasteiger charge is 2.34. The van der Waals surface area contributed by atoms with Gasteiger partial charge in [-0.15, -0.1) is 11.3 Å². The first-order chi connectivity index (χ1) is 7.96. The molecule has 2 atom stereocenters. The van der Waals surface area contributed by atoms with Gasteiger partial charge in [-0.1, -0.05) is 13.8 Å². The second kappa shape index (κ2) is 4.67. The van der Waals surface area contributed by atoms with Crippen LogP contribution in [0, 0.1) is 5.41 Å². The Morgan fingerprint density at radius 1 is 1.53 bits per heavy atom. The summed E-state index contributed by atoms with van der Waals surface area (Å²) in [5.74, 6) is 0. The third-order valence-corrected chi connectivity index (χ3v) is 4.89. The van der Waals surface area contributed by atoms with E-state index in [1.807, 2.05) is 7.05 Å². The molecule has 0 amide bonds. The summed E-state index contributed by atoms with van der Waals surface area (Å²) < 4.78 is 5.36. The third-order valence-electron chi connectivity index (χ3n) is 3.51. The molecule has 0 aromatic carbocycles. The number of nitrogens with zero attached hydrogens (tertiary/aromatic N) is 1. The molecule has 0 radical (unpaired) electrons. The van der Waals surface area contributed by atoms with Crippen LogP contribution in [0.3, 0.4) is 0 Å². The standard InChI is InChI=1S/C13H22N2OS/c1-8(16-5)12-15-10-7-13(2,3)6-9(14-4)11(10)17-12/h8-9,14H,6-7H2,1-5H3. The number of thiazole rings is 1. The Bertz CT molecular complexity index is 400. The SMILES string of the molecule is CNC1CC(C)(C)Cc2nc(C(C)OC)sc21. The molecule has 0 saturated heterocycles. The normalized spacial score (nSPS) is 24.4. The lowest BCUT2D eigenvalue weighted by atomic mass is 9.76. The maximum atomic E-state index is 5.36. The summed E-state index contributed by atoms with van der Waals surface area (Å²) in [6.07, 6.45) is 2.36. The van der Waals surface area contributed by atoms with Gasteiger partial charge >= 0.3 is 0 Å². The number of methoxy groups -OCH3 is 1. The molecule has 1 aromatic rings. The molecule has 1 aliphatic rings. The molecule has 3 nitrogen and oxygen atoms in total. The van der Waals surface area contributed by atoms with Crippen molar-refractivity contribution in [3.05, 3.63) is 15.6 Å². The van der Waals surface area contributed by atoms with Gasteiger partial charge in [-0.05, 0) is 32.2 Å². The van der Waals surface area contributed by atoms with Gasteiger partial charge in [0.25, 0.3) is 0 Å². The molecule has 1 N–H and O–H groups in total. The van der Waals surface area contributed by atoms with Crippen molar-refractivity contribution >= 4 is 11.3 Å². The smallest absolute Gasteiger partial charge is 0.122 e. The number of nitrogens with one attached hydrogen (secondary N) is 1. The Morgan fingerprint density at radius 2 is 2.24 bits per heavy atom. The summed E-state index contributed by atoms with van der Waals surface area (Å²) in [4.78, 5) is 6.18. The molecule has 1 aliphatic carbocycles. The Balaban J connectivity index is 2.35. The lowest BCUT2D eigenvalue weighted by molar-refractivity contribution is 0.119. The monoisotopic (exact) mass is 254 g/mol. The van der Waals surface area contributed by atoms with E-state index in [0.717, 1.165) is 11.4 Å². The first kappa shape index (κ1) is 13.0. The number of aromatic nitrogens is 1. The number of rotatable bonds is 3. The van der Waals surface area contributed by atoms with Gasteiger partial charge in [0, 0.05) is 18.0 Å². The van der Waals surface area contributed by atoms with Crippen molar-refractivity contribution in [2.24, 2.45) is 5.41 Å². The Morgan fingerprint density at radius 3 is 2.82 bits per heavy atom. The number of fused-ring (bicyclic) bond motifs is 1. The minimum absolute atomic E-state index is 0.103. The van der Waals surface area contributed by atoms with Gasteiger partial charge in [-0.25, -0.2) is 4.98 Å². The van der Waals surface area contributed by atoms with E-state index in [2.05, 4.69) is 26.1 Å². The van der Waals surface area contributed by atoms with Gasteiger partial charge < -0.3 is 10.1 Å². The van der Waals surface area contributed by atoms with Gasteiger partial charge in [0.2, 0.25) is 0 Å². The largest absolute Gasteiger partial charge is 0.375 e. The van der Waals surface area contributed by atoms with Crippen molar-refractivity contribution in [3.63, 3.8) is 0 Å². The van der Waals surface area contributed by atoms with Crippen LogP contribution in [0.4, 0.5) is 0 Å². The average Bonchev–Trinajstić information content (AvgIpc) is 2.68. The molecule has 1 heterocycles. The van der Waals surface area contributed by atoms with Gasteiger partial charge in [-0.3, -0.25) is 0 Å². The van der Waals surface area contributed by atoms with Gasteiger partial charge in [0.1, 0.15) is 11.1 Å². The minimum atomic E-state index is 0.103. The van der Waals surface area contributed by atoms with Crippen molar-refractivity contribution in [1.29, 1.82) is 0 Å². The van der Waals surface area contributed by atoms with E-state index in [4.69, 9.17) is 9.72 Å². The van der Waals surface area contributed by atoms with Gasteiger partial charge in [-0.2, -0.15) is 0 Å². The molecule has 4 heteroatoms. The zero-order valence-electron chi connectivity index (χ0n) is 11.3. The third kappa shape index (κ3) is 2.54. The fraction of sp³-hybridized carbons (Fsp3) is 0.769. The van der Waals surface area contributed by atoms with Crippen molar-refractivity contribution < 1.29 is 4.74 Å². The molecular formula is C13H22N2OS. The lowest BCUT2D eigenvalue weighted by Crippen LogP contribution is -2.30. The maximum absolute atomic E-state index is 5.36. The summed E-state index contributed by atoms with van der Waals surface area (Å²) in [6, 6.07) is 0.448. The van der Waals surface area contributed by atoms with Crippen LogP contribution in [0.15, 0.2) is 0 Å². The van der Waals surface area contributed by atoms with Crippen LogP contribution in [0.1, 0.15) is 54.9 Å². The topological polar surface area (TPSA) is 34.2 Å². The van der Waals surface area contributed by atoms with Crippen molar-refractivity contribution in [1.82, 2.24) is 10.3 Å². The highest BCUT2D eigenvalue weighted by atomic mass is 32.1. The number of ether oxygens (including phenoxy) is 1. The van der Waals surface area contributed by atoms with Crippen molar-refractivity contribution in [2.75, 3.05) is 14.2 Å². The molecular weight excluding hydrogens is 232 g/mol. The highest BCUT2D eigenvalue weighted by Crippen LogP contribution is 2.43. The molecule has 0 fully saturated rings. The Hall–Kier alpha value is -0.450. The van der Waals surface area contributed by atoms with Crippen LogP contribution in [0.25, 0.3) is 0 Å². The number of hydrogen-bond donors (Lipinski definition) is 1. The van der Waals surface area contributed by atoms with Crippen molar-refractivity contribution in [3.8, 4) is 0 Å². The predicted molar refractivity (Wildman–Crippen MR) is 71.4 cm³/mol. The summed E-state index contributed by atoms with van der Waals surface area (Å²) in [6.45, 7) is 6.70. The summed E-state index contributed by atoms with van der Waals surface area (Å²) in [5, 5.41) is 4.52. The molecule has 96 valence electrons. The summed E-state index contributed by atoms with van der Waals surface area (Å²) in [5.41, 5.74) is 1.60. The van der Waals surface area contributed by atoms with E-state index < -0.39 is 0 Å². The highest BCUT2D eigenvalue weighted by molar-refractivity contribution is 7.11. The minimum Gasteiger partial charge on any atom is -0.375 e. The first-order valence-electron chi connectivity index (χ1n) is 6.16. The van der Waals surface area contributed by atoms with Crippen molar-refractivity contribution in [2.45, 2.75) is 45.8 Å². The molecule has 2 unspecified atom stereocenters. The van der Waals surface area contributed by atoms with Crippen LogP contribution < -0.4 is 5.32 Å². The van der Waals surface area contributed by atoms with Gasteiger partial charge in [0.15, 0.2) is 0 Å². The zero-order chi connectivity index (χ0) is 12.6. The fourth-order valence-corrected chi connectivity index (χ4v) is 3.68. The summed E-state index contributed by atoms with van der Waals surface area (Å²) >= 11 is 1.80. The van der Waals surface area contributed by atoms with E-state index in [9.17, 15) is 0 Å². The Labute approximate surface area is 108 Å².